The number of aromatic nitrogens is 2. The number of carbonyl (C=O) groups excluding carboxylic acids is 1. The van der Waals surface area contributed by atoms with Crippen LogP contribution in [0.25, 0.3) is 0 Å². The average Bonchev–Trinajstić information content (AvgIpc) is 2.76. The van der Waals surface area contributed by atoms with Gasteiger partial charge in [0, 0.05) is 22.5 Å². The summed E-state index contributed by atoms with van der Waals surface area (Å²) in [6.07, 6.45) is 2.51. The number of amides is 1. The first-order valence-electron chi connectivity index (χ1n) is 6.12. The number of nitrogens with one attached hydrogen (secondary N) is 1. The van der Waals surface area contributed by atoms with E-state index in [0.29, 0.717) is 5.56 Å². The molecule has 2 rings (SSSR count). The summed E-state index contributed by atoms with van der Waals surface area (Å²) >= 11 is 2.26. The van der Waals surface area contributed by atoms with Crippen LogP contribution in [-0.4, -0.2) is 15.7 Å². The molecule has 0 saturated carbocycles. The second-order valence-corrected chi connectivity index (χ2v) is 5.55. The topological polar surface area (TPSA) is 46.9 Å². The third kappa shape index (κ3) is 2.97. The van der Waals surface area contributed by atoms with E-state index in [4.69, 9.17) is 0 Å². The summed E-state index contributed by atoms with van der Waals surface area (Å²) in [5.41, 5.74) is 3.40. The lowest BCUT2D eigenvalue weighted by atomic mass is 10.1. The molecule has 1 aromatic heterocycles. The van der Waals surface area contributed by atoms with Gasteiger partial charge in [0.2, 0.25) is 0 Å². The molecule has 0 aliphatic heterocycles. The van der Waals surface area contributed by atoms with Crippen LogP contribution >= 0.6 is 22.6 Å². The minimum atomic E-state index is -0.102. The van der Waals surface area contributed by atoms with Crippen LogP contribution in [0.5, 0.6) is 0 Å². The van der Waals surface area contributed by atoms with Crippen LogP contribution in [0.15, 0.2) is 24.4 Å². The molecular weight excluding hydrogens is 353 g/mol. The molecule has 0 fully saturated rings. The van der Waals surface area contributed by atoms with Gasteiger partial charge in [-0.2, -0.15) is 5.10 Å². The second-order valence-electron chi connectivity index (χ2n) is 4.38. The predicted octanol–water partition coefficient (Wildman–Crippen LogP) is 3.15. The third-order valence-corrected chi connectivity index (χ3v) is 4.17. The van der Waals surface area contributed by atoms with Gasteiger partial charge in [-0.25, -0.2) is 0 Å². The predicted molar refractivity (Wildman–Crippen MR) is 84.4 cm³/mol. The van der Waals surface area contributed by atoms with Crippen LogP contribution in [0.1, 0.15) is 28.5 Å². The molecule has 0 aliphatic rings. The first-order valence-corrected chi connectivity index (χ1v) is 7.19. The van der Waals surface area contributed by atoms with Crippen LogP contribution in [0, 0.1) is 10.5 Å². The van der Waals surface area contributed by atoms with Crippen LogP contribution < -0.4 is 5.32 Å². The highest BCUT2D eigenvalue weighted by atomic mass is 127. The van der Waals surface area contributed by atoms with Crippen molar-refractivity contribution in [3.05, 3.63) is 44.8 Å². The van der Waals surface area contributed by atoms with Crippen molar-refractivity contribution in [1.82, 2.24) is 9.78 Å². The molecule has 0 bridgehead atoms. The monoisotopic (exact) mass is 369 g/mol. The van der Waals surface area contributed by atoms with Gasteiger partial charge in [0.05, 0.1) is 11.3 Å². The standard InChI is InChI=1S/C14H16IN3O/c1-4-12-10(8-18(3)17-12)14(19)16-13-7-5-6-11(15)9(13)2/h5-8H,4H2,1-3H3,(H,16,19). The van der Waals surface area contributed by atoms with Crippen molar-refractivity contribution in [2.45, 2.75) is 20.3 Å². The van der Waals surface area contributed by atoms with Gasteiger partial charge in [0.15, 0.2) is 0 Å². The van der Waals surface area contributed by atoms with Gasteiger partial charge < -0.3 is 5.32 Å². The maximum Gasteiger partial charge on any atom is 0.259 e. The molecule has 0 unspecified atom stereocenters. The summed E-state index contributed by atoms with van der Waals surface area (Å²) < 4.78 is 2.81. The van der Waals surface area contributed by atoms with E-state index in [1.54, 1.807) is 10.9 Å². The van der Waals surface area contributed by atoms with Crippen molar-refractivity contribution in [1.29, 1.82) is 0 Å². The Morgan fingerprint density at radius 1 is 1.47 bits per heavy atom. The van der Waals surface area contributed by atoms with E-state index < -0.39 is 0 Å². The van der Waals surface area contributed by atoms with E-state index in [2.05, 4.69) is 33.0 Å². The Balaban J connectivity index is 2.28. The fraction of sp³-hybridized carbons (Fsp3) is 0.286. The zero-order valence-corrected chi connectivity index (χ0v) is 13.4. The number of anilines is 1. The van der Waals surface area contributed by atoms with Crippen molar-refractivity contribution in [3.8, 4) is 0 Å². The number of carbonyl (C=O) groups is 1. The van der Waals surface area contributed by atoms with Crippen LogP contribution in [0.3, 0.4) is 0 Å². The first-order chi connectivity index (χ1) is 9.02. The molecule has 0 spiro atoms. The number of benzene rings is 1. The average molecular weight is 369 g/mol. The third-order valence-electron chi connectivity index (χ3n) is 3.00. The van der Waals surface area contributed by atoms with Gasteiger partial charge in [-0.3, -0.25) is 9.48 Å². The summed E-state index contributed by atoms with van der Waals surface area (Å²) in [6.45, 7) is 4.00. The zero-order chi connectivity index (χ0) is 14.0. The molecule has 1 N–H and O–H groups in total. The van der Waals surface area contributed by atoms with Gasteiger partial charge in [0.1, 0.15) is 0 Å². The molecule has 19 heavy (non-hydrogen) atoms. The normalized spacial score (nSPS) is 10.5. The number of rotatable bonds is 3. The Kier molecular flexibility index (Phi) is 4.24. The van der Waals surface area contributed by atoms with Gasteiger partial charge >= 0.3 is 0 Å². The fourth-order valence-electron chi connectivity index (χ4n) is 1.92. The number of nitrogens with zero attached hydrogens (tertiary/aromatic N) is 2. The highest BCUT2D eigenvalue weighted by Crippen LogP contribution is 2.21. The van der Waals surface area contributed by atoms with Crippen LogP contribution in [-0.2, 0) is 13.5 Å². The molecule has 0 atom stereocenters. The summed E-state index contributed by atoms with van der Waals surface area (Å²) in [5, 5.41) is 7.24. The van der Waals surface area contributed by atoms with E-state index >= 15 is 0 Å². The molecule has 100 valence electrons. The van der Waals surface area contributed by atoms with E-state index in [9.17, 15) is 4.79 Å². The van der Waals surface area contributed by atoms with Gasteiger partial charge in [-0.15, -0.1) is 0 Å². The number of hydrogen-bond donors (Lipinski definition) is 1. The highest BCUT2D eigenvalue weighted by Gasteiger charge is 2.15. The minimum Gasteiger partial charge on any atom is -0.322 e. The van der Waals surface area contributed by atoms with Gasteiger partial charge in [-0.05, 0) is 53.6 Å². The second kappa shape index (κ2) is 5.73. The molecule has 1 heterocycles. The van der Waals surface area contributed by atoms with Crippen molar-refractivity contribution in [2.75, 3.05) is 5.32 Å². The molecule has 1 amide bonds. The lowest BCUT2D eigenvalue weighted by molar-refractivity contribution is 0.102. The fourth-order valence-corrected chi connectivity index (χ4v) is 2.42. The smallest absolute Gasteiger partial charge is 0.259 e. The molecular formula is C14H16IN3O. The molecule has 4 nitrogen and oxygen atoms in total. The quantitative estimate of drug-likeness (QED) is 0.845. The first kappa shape index (κ1) is 14.0. The molecule has 0 aliphatic carbocycles. The maximum atomic E-state index is 12.3. The minimum absolute atomic E-state index is 0.102. The lowest BCUT2D eigenvalue weighted by Gasteiger charge is -2.09. The maximum absolute atomic E-state index is 12.3. The summed E-state index contributed by atoms with van der Waals surface area (Å²) in [5.74, 6) is -0.102. The van der Waals surface area contributed by atoms with Crippen molar-refractivity contribution in [2.24, 2.45) is 7.05 Å². The van der Waals surface area contributed by atoms with Crippen LogP contribution in [0.2, 0.25) is 0 Å². The summed E-state index contributed by atoms with van der Waals surface area (Å²) in [7, 11) is 1.83. The molecule has 2 aromatic rings. The van der Waals surface area contributed by atoms with Crippen molar-refractivity contribution in [3.63, 3.8) is 0 Å². The number of hydrogen-bond acceptors (Lipinski definition) is 2. The van der Waals surface area contributed by atoms with Crippen LogP contribution in [0.4, 0.5) is 5.69 Å². The Hall–Kier alpha value is -1.37. The summed E-state index contributed by atoms with van der Waals surface area (Å²) in [6, 6.07) is 5.87. The molecule has 5 heteroatoms. The Labute approximate surface area is 126 Å². The van der Waals surface area contributed by atoms with E-state index in [-0.39, 0.29) is 5.91 Å². The van der Waals surface area contributed by atoms with Gasteiger partial charge in [0.25, 0.3) is 5.91 Å². The number of aryl methyl sites for hydroxylation is 2. The van der Waals surface area contributed by atoms with E-state index in [1.165, 1.54) is 0 Å². The highest BCUT2D eigenvalue weighted by molar-refractivity contribution is 14.1. The Bertz CT molecular complexity index is 619. The van der Waals surface area contributed by atoms with E-state index in [1.807, 2.05) is 39.1 Å². The number of halogens is 1. The van der Waals surface area contributed by atoms with Crippen molar-refractivity contribution >= 4 is 34.2 Å². The summed E-state index contributed by atoms with van der Waals surface area (Å²) in [4.78, 5) is 12.3. The Morgan fingerprint density at radius 2 is 2.21 bits per heavy atom. The van der Waals surface area contributed by atoms with E-state index in [0.717, 1.165) is 26.9 Å². The molecule has 0 radical (unpaired) electrons. The van der Waals surface area contributed by atoms with Crippen molar-refractivity contribution < 1.29 is 4.79 Å². The zero-order valence-electron chi connectivity index (χ0n) is 11.2. The largest absolute Gasteiger partial charge is 0.322 e. The molecule has 1 aromatic carbocycles. The molecule has 0 saturated heterocycles. The lowest BCUT2D eigenvalue weighted by Crippen LogP contribution is -2.14. The Morgan fingerprint density at radius 3 is 2.89 bits per heavy atom. The SMILES string of the molecule is CCc1nn(C)cc1C(=O)Nc1cccc(I)c1C. The van der Waals surface area contributed by atoms with Gasteiger partial charge in [-0.1, -0.05) is 13.0 Å².